The van der Waals surface area contributed by atoms with Crippen LogP contribution in [0.3, 0.4) is 0 Å². The van der Waals surface area contributed by atoms with Crippen LogP contribution in [0.1, 0.15) is 33.2 Å². The van der Waals surface area contributed by atoms with Crippen LogP contribution >= 0.6 is 0 Å². The summed E-state index contributed by atoms with van der Waals surface area (Å²) in [6, 6.07) is 24.3. The second kappa shape index (κ2) is 13.7. The van der Waals surface area contributed by atoms with Crippen molar-refractivity contribution in [3.8, 4) is 17.0 Å². The number of aromatic carboxylic acids is 1. The molecule has 0 amide bonds. The number of aromatic hydroxyl groups is 1. The molecule has 0 spiro atoms. The fraction of sp³-hybridized carbons (Fsp3) is 0.207. The van der Waals surface area contributed by atoms with E-state index in [1.165, 1.54) is 11.8 Å². The van der Waals surface area contributed by atoms with Crippen molar-refractivity contribution >= 4 is 11.9 Å². The Balaban J connectivity index is 0.000000266. The molecule has 1 aromatic heterocycles. The number of hydrogen-bond acceptors (Lipinski definition) is 7. The summed E-state index contributed by atoms with van der Waals surface area (Å²) in [6.45, 7) is 3.10. The predicted molar refractivity (Wildman–Crippen MR) is 145 cm³/mol. The van der Waals surface area contributed by atoms with Crippen LogP contribution in [0.25, 0.3) is 11.3 Å². The fourth-order valence-corrected chi connectivity index (χ4v) is 3.67. The molecule has 1 heterocycles. The van der Waals surface area contributed by atoms with Gasteiger partial charge in [0.15, 0.2) is 0 Å². The Morgan fingerprint density at radius 2 is 1.73 bits per heavy atom. The van der Waals surface area contributed by atoms with Crippen molar-refractivity contribution in [2.75, 3.05) is 25.5 Å². The molecule has 0 saturated heterocycles. The molecule has 37 heavy (non-hydrogen) atoms. The number of carboxylic acids is 1. The number of nitrogens with zero attached hydrogens (tertiary/aromatic N) is 2. The molecule has 1 atom stereocenters. The number of hydrogen-bond donors (Lipinski definition) is 5. The zero-order valence-electron chi connectivity index (χ0n) is 20.9. The molecule has 192 valence electrons. The largest absolute Gasteiger partial charge is 0.508 e. The van der Waals surface area contributed by atoms with Gasteiger partial charge in [-0.3, -0.25) is 0 Å². The first kappa shape index (κ1) is 27.3. The Bertz CT molecular complexity index is 1300. The highest BCUT2D eigenvalue weighted by molar-refractivity contribution is 5.95. The lowest BCUT2D eigenvalue weighted by atomic mass is 10.0. The van der Waals surface area contributed by atoms with Crippen LogP contribution in [0.2, 0.25) is 0 Å². The Morgan fingerprint density at radius 1 is 1.00 bits per heavy atom. The SMILES string of the molecule is CNCC(O)c1cccc(O)c1.Cc1ccccc1-c1nc(NCCc2ccccc2)ncc1C(=O)O. The number of carbonyl (C=O) groups is 1. The number of aliphatic hydroxyl groups is 1. The molecule has 0 radical (unpaired) electrons. The van der Waals surface area contributed by atoms with Gasteiger partial charge < -0.3 is 26.0 Å². The normalized spacial score (nSPS) is 11.2. The van der Waals surface area contributed by atoms with E-state index >= 15 is 0 Å². The Hall–Kier alpha value is -4.27. The standard InChI is InChI=1S/C20H19N3O2.C9H13NO2/c1-14-7-5-6-10-16(14)18-17(19(24)25)13-22-20(23-18)21-12-11-15-8-3-2-4-9-15;1-10-6-9(12)7-3-2-4-8(11)5-7/h2-10,13H,11-12H2,1H3,(H,24,25)(H,21,22,23);2-5,9-12H,6H2,1H3. The topological polar surface area (TPSA) is 128 Å². The minimum Gasteiger partial charge on any atom is -0.508 e. The average Bonchev–Trinajstić information content (AvgIpc) is 2.90. The number of anilines is 1. The van der Waals surface area contributed by atoms with Crippen LogP contribution in [0.4, 0.5) is 5.95 Å². The van der Waals surface area contributed by atoms with E-state index in [1.807, 2.05) is 49.4 Å². The summed E-state index contributed by atoms with van der Waals surface area (Å²) < 4.78 is 0. The van der Waals surface area contributed by atoms with Crippen molar-refractivity contribution in [1.82, 2.24) is 15.3 Å². The summed E-state index contributed by atoms with van der Waals surface area (Å²) in [5.41, 5.74) is 4.25. The highest BCUT2D eigenvalue weighted by Gasteiger charge is 2.16. The molecule has 0 aliphatic carbocycles. The van der Waals surface area contributed by atoms with E-state index in [9.17, 15) is 15.0 Å². The first-order chi connectivity index (χ1) is 17.9. The molecule has 0 bridgehead atoms. The zero-order chi connectivity index (χ0) is 26.6. The van der Waals surface area contributed by atoms with Gasteiger partial charge in [0, 0.05) is 24.8 Å². The van der Waals surface area contributed by atoms with Crippen molar-refractivity contribution in [3.05, 3.63) is 107 Å². The molecule has 4 rings (SSSR count). The number of benzene rings is 3. The highest BCUT2D eigenvalue weighted by Crippen LogP contribution is 2.25. The van der Waals surface area contributed by atoms with E-state index in [-0.39, 0.29) is 11.3 Å². The van der Waals surface area contributed by atoms with E-state index in [4.69, 9.17) is 5.11 Å². The van der Waals surface area contributed by atoms with Crippen LogP contribution in [0, 0.1) is 6.92 Å². The number of phenols is 1. The van der Waals surface area contributed by atoms with E-state index < -0.39 is 12.1 Å². The van der Waals surface area contributed by atoms with E-state index in [1.54, 1.807) is 31.3 Å². The summed E-state index contributed by atoms with van der Waals surface area (Å²) in [4.78, 5) is 20.1. The van der Waals surface area contributed by atoms with Gasteiger partial charge >= 0.3 is 5.97 Å². The molecule has 4 aromatic rings. The van der Waals surface area contributed by atoms with Crippen molar-refractivity contribution in [2.45, 2.75) is 19.4 Å². The number of carboxylic acid groups (broad SMARTS) is 1. The van der Waals surface area contributed by atoms with Crippen LogP contribution in [-0.2, 0) is 6.42 Å². The van der Waals surface area contributed by atoms with Gasteiger partial charge in [0.2, 0.25) is 5.95 Å². The number of aryl methyl sites for hydroxylation is 1. The fourth-order valence-electron chi connectivity index (χ4n) is 3.67. The average molecular weight is 501 g/mol. The molecular weight excluding hydrogens is 468 g/mol. The summed E-state index contributed by atoms with van der Waals surface area (Å²) >= 11 is 0. The van der Waals surface area contributed by atoms with Crippen molar-refractivity contribution in [2.24, 2.45) is 0 Å². The van der Waals surface area contributed by atoms with Gasteiger partial charge in [0.05, 0.1) is 11.8 Å². The third-order valence-electron chi connectivity index (χ3n) is 5.61. The highest BCUT2D eigenvalue weighted by atomic mass is 16.4. The Morgan fingerprint density at radius 3 is 2.41 bits per heavy atom. The third kappa shape index (κ3) is 8.13. The van der Waals surface area contributed by atoms with Crippen LogP contribution < -0.4 is 10.6 Å². The van der Waals surface area contributed by atoms with Gasteiger partial charge in [-0.25, -0.2) is 14.8 Å². The van der Waals surface area contributed by atoms with Gasteiger partial charge in [-0.2, -0.15) is 0 Å². The monoisotopic (exact) mass is 500 g/mol. The molecule has 0 aliphatic rings. The van der Waals surface area contributed by atoms with Crippen molar-refractivity contribution < 1.29 is 20.1 Å². The summed E-state index contributed by atoms with van der Waals surface area (Å²) in [7, 11) is 1.77. The maximum absolute atomic E-state index is 11.5. The number of phenolic OH excluding ortho intramolecular Hbond substituents is 1. The first-order valence-electron chi connectivity index (χ1n) is 11.9. The molecule has 0 aliphatic heterocycles. The van der Waals surface area contributed by atoms with Gasteiger partial charge in [0.25, 0.3) is 0 Å². The number of aromatic nitrogens is 2. The quantitative estimate of drug-likeness (QED) is 0.228. The maximum atomic E-state index is 11.5. The number of aliphatic hydroxyl groups excluding tert-OH is 1. The lowest BCUT2D eigenvalue weighted by molar-refractivity contribution is 0.0697. The summed E-state index contributed by atoms with van der Waals surface area (Å²) in [5, 5.41) is 34.0. The second-order valence-electron chi connectivity index (χ2n) is 8.41. The van der Waals surface area contributed by atoms with Crippen LogP contribution in [0.15, 0.2) is 85.1 Å². The van der Waals surface area contributed by atoms with Gasteiger partial charge in [0.1, 0.15) is 11.3 Å². The number of likely N-dealkylation sites (N-methyl/N-ethyl adjacent to an activating group) is 1. The minimum atomic E-state index is -1.03. The second-order valence-corrected chi connectivity index (χ2v) is 8.41. The van der Waals surface area contributed by atoms with Gasteiger partial charge in [-0.15, -0.1) is 0 Å². The third-order valence-corrected chi connectivity index (χ3v) is 5.61. The predicted octanol–water partition coefficient (Wildman–Crippen LogP) is 4.45. The molecule has 8 heteroatoms. The van der Waals surface area contributed by atoms with Gasteiger partial charge in [-0.05, 0) is 49.2 Å². The smallest absolute Gasteiger partial charge is 0.339 e. The number of nitrogens with one attached hydrogen (secondary N) is 2. The molecule has 1 unspecified atom stereocenters. The molecule has 8 nitrogen and oxygen atoms in total. The van der Waals surface area contributed by atoms with E-state index in [0.717, 1.165) is 23.1 Å². The first-order valence-corrected chi connectivity index (χ1v) is 11.9. The van der Waals surface area contributed by atoms with Crippen molar-refractivity contribution in [1.29, 1.82) is 0 Å². The summed E-state index contributed by atoms with van der Waals surface area (Å²) in [6.07, 6.45) is 1.65. The van der Waals surface area contributed by atoms with Crippen LogP contribution in [-0.4, -0.2) is 51.4 Å². The van der Waals surface area contributed by atoms with E-state index in [0.29, 0.717) is 24.7 Å². The van der Waals surface area contributed by atoms with Crippen LogP contribution in [0.5, 0.6) is 5.75 Å². The Kier molecular flexibility index (Phi) is 10.1. The molecule has 0 fully saturated rings. The zero-order valence-corrected chi connectivity index (χ0v) is 20.9. The Labute approximate surface area is 216 Å². The molecule has 0 saturated carbocycles. The number of rotatable bonds is 9. The van der Waals surface area contributed by atoms with Gasteiger partial charge in [-0.1, -0.05) is 66.7 Å². The minimum absolute atomic E-state index is 0.0999. The molecular formula is C29H32N4O4. The van der Waals surface area contributed by atoms with Crippen molar-refractivity contribution in [3.63, 3.8) is 0 Å². The maximum Gasteiger partial charge on any atom is 0.339 e. The molecule has 5 N–H and O–H groups in total. The lowest BCUT2D eigenvalue weighted by Gasteiger charge is -2.11. The lowest BCUT2D eigenvalue weighted by Crippen LogP contribution is -2.16. The summed E-state index contributed by atoms with van der Waals surface area (Å²) in [5.74, 6) is -0.420. The van der Waals surface area contributed by atoms with E-state index in [2.05, 4.69) is 32.7 Å². The molecule has 3 aromatic carbocycles.